The molecule has 3 N–H and O–H groups in total. The number of thiazole rings is 1. The van der Waals surface area contributed by atoms with Crippen molar-refractivity contribution in [2.45, 2.75) is 24.8 Å². The van der Waals surface area contributed by atoms with E-state index in [1.165, 1.54) is 16.7 Å². The Balaban J connectivity index is 1.31. The van der Waals surface area contributed by atoms with Crippen molar-refractivity contribution in [3.63, 3.8) is 0 Å². The van der Waals surface area contributed by atoms with E-state index < -0.39 is 18.1 Å². The molecule has 1 aromatic heterocycles. The Hall–Kier alpha value is -3.98. The van der Waals surface area contributed by atoms with Crippen LogP contribution in [-0.4, -0.2) is 47.3 Å². The lowest BCUT2D eigenvalue weighted by molar-refractivity contribution is -0.122. The van der Waals surface area contributed by atoms with Crippen molar-refractivity contribution in [1.82, 2.24) is 15.6 Å². The van der Waals surface area contributed by atoms with Gasteiger partial charge in [-0.15, -0.1) is 17.9 Å². The van der Waals surface area contributed by atoms with Crippen LogP contribution in [0.25, 0.3) is 11.1 Å². The van der Waals surface area contributed by atoms with E-state index in [1.54, 1.807) is 6.08 Å². The van der Waals surface area contributed by atoms with Crippen molar-refractivity contribution in [2.24, 2.45) is 0 Å². The molecule has 0 saturated heterocycles. The number of alkyl carbamates (subject to hydrolysis) is 1. The van der Waals surface area contributed by atoms with Crippen molar-refractivity contribution in [3.8, 4) is 11.1 Å². The first-order chi connectivity index (χ1) is 17.0. The van der Waals surface area contributed by atoms with Crippen LogP contribution in [0.3, 0.4) is 0 Å². The molecule has 8 nitrogen and oxygen atoms in total. The number of fused-ring (bicyclic) bond motifs is 3. The average Bonchev–Trinajstić information content (AvgIpc) is 3.46. The van der Waals surface area contributed by atoms with Gasteiger partial charge in [0.2, 0.25) is 5.91 Å². The van der Waals surface area contributed by atoms with E-state index in [-0.39, 0.29) is 37.1 Å². The number of ether oxygens (including phenoxy) is 1. The molecule has 0 aliphatic heterocycles. The molecule has 4 rings (SSSR count). The van der Waals surface area contributed by atoms with Gasteiger partial charge in [-0.1, -0.05) is 54.6 Å². The minimum absolute atomic E-state index is 0.0159. The molecule has 0 radical (unpaired) electrons. The maximum absolute atomic E-state index is 12.6. The Kier molecular flexibility index (Phi) is 7.57. The highest BCUT2D eigenvalue weighted by Crippen LogP contribution is 2.44. The van der Waals surface area contributed by atoms with Gasteiger partial charge in [-0.05, 0) is 28.7 Å². The second kappa shape index (κ2) is 11.0. The molecule has 2 amide bonds. The van der Waals surface area contributed by atoms with Gasteiger partial charge in [0.25, 0.3) is 0 Å². The number of nitrogens with one attached hydrogen (secondary N) is 2. The van der Waals surface area contributed by atoms with E-state index in [4.69, 9.17) is 9.84 Å². The van der Waals surface area contributed by atoms with E-state index in [0.29, 0.717) is 11.4 Å². The summed E-state index contributed by atoms with van der Waals surface area (Å²) in [6, 6.07) is 15.3. The topological polar surface area (TPSA) is 118 Å². The van der Waals surface area contributed by atoms with Crippen LogP contribution in [0.4, 0.5) is 4.79 Å². The summed E-state index contributed by atoms with van der Waals surface area (Å²) in [5.41, 5.74) is 4.47. The molecule has 0 spiro atoms. The molecule has 35 heavy (non-hydrogen) atoms. The summed E-state index contributed by atoms with van der Waals surface area (Å²) < 4.78 is 5.54. The van der Waals surface area contributed by atoms with Gasteiger partial charge in [-0.3, -0.25) is 4.79 Å². The zero-order valence-electron chi connectivity index (χ0n) is 18.9. The number of hydrogen-bond donors (Lipinski definition) is 3. The lowest BCUT2D eigenvalue weighted by Gasteiger charge is -2.19. The third-order valence-corrected chi connectivity index (χ3v) is 6.67. The first-order valence-corrected chi connectivity index (χ1v) is 12.0. The van der Waals surface area contributed by atoms with Gasteiger partial charge in [0.15, 0.2) is 5.69 Å². The fourth-order valence-electron chi connectivity index (χ4n) is 4.12. The van der Waals surface area contributed by atoms with E-state index >= 15 is 0 Å². The second-order valence-electron chi connectivity index (χ2n) is 8.02. The summed E-state index contributed by atoms with van der Waals surface area (Å²) >= 11 is 1.22. The maximum Gasteiger partial charge on any atom is 0.407 e. The summed E-state index contributed by atoms with van der Waals surface area (Å²) in [6.45, 7) is 4.07. The van der Waals surface area contributed by atoms with Crippen LogP contribution < -0.4 is 10.6 Å². The number of nitrogens with zero attached hydrogens (tertiary/aromatic N) is 1. The first-order valence-electron chi connectivity index (χ1n) is 11.2. The molecule has 0 fully saturated rings. The van der Waals surface area contributed by atoms with Gasteiger partial charge in [-0.25, -0.2) is 14.6 Å². The van der Waals surface area contributed by atoms with Gasteiger partial charge >= 0.3 is 12.1 Å². The van der Waals surface area contributed by atoms with Crippen LogP contribution in [0.15, 0.2) is 66.6 Å². The van der Waals surface area contributed by atoms with Gasteiger partial charge in [-0.2, -0.15) is 0 Å². The molecular formula is C26H25N3O5S. The normalized spacial score (nSPS) is 12.8. The van der Waals surface area contributed by atoms with Crippen molar-refractivity contribution in [3.05, 3.63) is 88.4 Å². The second-order valence-corrected chi connectivity index (χ2v) is 8.96. The smallest absolute Gasteiger partial charge is 0.407 e. The first kappa shape index (κ1) is 24.2. The molecule has 1 unspecified atom stereocenters. The number of hydrogen-bond acceptors (Lipinski definition) is 6. The molecule has 9 heteroatoms. The Morgan fingerprint density at radius 1 is 1.11 bits per heavy atom. The van der Waals surface area contributed by atoms with Crippen LogP contribution in [-0.2, 0) is 16.0 Å². The number of carbonyl (C=O) groups excluding carboxylic acids is 2. The number of aromatic carboxylic acids is 1. The quantitative estimate of drug-likeness (QED) is 0.369. The highest BCUT2D eigenvalue weighted by Gasteiger charge is 2.29. The van der Waals surface area contributed by atoms with E-state index in [1.807, 2.05) is 36.4 Å². The Morgan fingerprint density at radius 3 is 2.37 bits per heavy atom. The summed E-state index contributed by atoms with van der Waals surface area (Å²) in [7, 11) is 0. The highest BCUT2D eigenvalue weighted by molar-refractivity contribution is 7.09. The number of rotatable bonds is 10. The lowest BCUT2D eigenvalue weighted by atomic mass is 9.98. The molecular weight excluding hydrogens is 466 g/mol. The molecule has 3 aromatic rings. The van der Waals surface area contributed by atoms with Crippen molar-refractivity contribution in [1.29, 1.82) is 0 Å². The standard InChI is InChI=1S/C26H25N3O5S/c1-2-7-21(24(30)27-13-12-23-28-22(15-35-23)25(31)32)29-26(33)34-14-20-18-10-5-3-8-16(18)17-9-4-6-11-19(17)20/h2-6,8-11,15,20-21H,1,7,12-14H2,(H,27,30)(H,29,33)(H,31,32). The minimum Gasteiger partial charge on any atom is -0.476 e. The maximum atomic E-state index is 12.6. The van der Waals surface area contributed by atoms with Gasteiger partial charge in [0, 0.05) is 24.3 Å². The van der Waals surface area contributed by atoms with E-state index in [0.717, 1.165) is 22.3 Å². The highest BCUT2D eigenvalue weighted by atomic mass is 32.1. The monoisotopic (exact) mass is 491 g/mol. The van der Waals surface area contributed by atoms with Crippen molar-refractivity contribution < 1.29 is 24.2 Å². The number of aromatic nitrogens is 1. The van der Waals surface area contributed by atoms with Crippen molar-refractivity contribution >= 4 is 29.3 Å². The van der Waals surface area contributed by atoms with Gasteiger partial charge in [0.1, 0.15) is 12.6 Å². The molecule has 0 saturated carbocycles. The van der Waals surface area contributed by atoms with Crippen LogP contribution in [0.1, 0.15) is 39.0 Å². The zero-order valence-corrected chi connectivity index (χ0v) is 19.7. The molecule has 1 heterocycles. The lowest BCUT2D eigenvalue weighted by Crippen LogP contribution is -2.47. The Morgan fingerprint density at radius 2 is 1.77 bits per heavy atom. The number of carboxylic acid groups (broad SMARTS) is 1. The van der Waals surface area contributed by atoms with Crippen LogP contribution >= 0.6 is 11.3 Å². The number of carboxylic acids is 1. The number of carbonyl (C=O) groups is 3. The van der Waals surface area contributed by atoms with Gasteiger partial charge in [0.05, 0.1) is 5.01 Å². The average molecular weight is 492 g/mol. The zero-order chi connectivity index (χ0) is 24.8. The largest absolute Gasteiger partial charge is 0.476 e. The van der Waals surface area contributed by atoms with E-state index in [9.17, 15) is 14.4 Å². The predicted octanol–water partition coefficient (Wildman–Crippen LogP) is 3.98. The summed E-state index contributed by atoms with van der Waals surface area (Å²) in [5.74, 6) is -1.54. The van der Waals surface area contributed by atoms with Crippen molar-refractivity contribution in [2.75, 3.05) is 13.2 Å². The molecule has 1 aliphatic carbocycles. The van der Waals surface area contributed by atoms with Crippen LogP contribution in [0.5, 0.6) is 0 Å². The molecule has 2 aromatic carbocycles. The summed E-state index contributed by atoms with van der Waals surface area (Å²) in [6.07, 6.45) is 1.49. The Bertz CT molecular complexity index is 1210. The number of benzene rings is 2. The Labute approximate surface area is 206 Å². The summed E-state index contributed by atoms with van der Waals surface area (Å²) in [5, 5.41) is 16.4. The predicted molar refractivity (Wildman–Crippen MR) is 133 cm³/mol. The molecule has 1 aliphatic rings. The summed E-state index contributed by atoms with van der Waals surface area (Å²) in [4.78, 5) is 40.1. The molecule has 1 atom stereocenters. The fourth-order valence-corrected chi connectivity index (χ4v) is 4.89. The molecule has 180 valence electrons. The molecule has 0 bridgehead atoms. The minimum atomic E-state index is -1.09. The SMILES string of the molecule is C=CCC(NC(=O)OCC1c2ccccc2-c2ccccc21)C(=O)NCCc1nc(C(=O)O)cs1. The third-order valence-electron chi connectivity index (χ3n) is 5.76. The van der Waals surface area contributed by atoms with E-state index in [2.05, 4.69) is 34.3 Å². The number of amides is 2. The van der Waals surface area contributed by atoms with Gasteiger partial charge < -0.3 is 20.5 Å². The third kappa shape index (κ3) is 5.58. The fraction of sp³-hybridized carbons (Fsp3) is 0.231. The van der Waals surface area contributed by atoms with Crippen LogP contribution in [0, 0.1) is 0 Å². The van der Waals surface area contributed by atoms with Crippen LogP contribution in [0.2, 0.25) is 0 Å².